The van der Waals surface area contributed by atoms with Crippen molar-refractivity contribution in [3.8, 4) is 0 Å². The molecule has 0 aromatic heterocycles. The number of amides is 1. The Labute approximate surface area is 81.4 Å². The van der Waals surface area contributed by atoms with Gasteiger partial charge in [0.1, 0.15) is 12.2 Å². The highest BCUT2D eigenvalue weighted by Crippen LogP contribution is 2.03. The lowest BCUT2D eigenvalue weighted by Gasteiger charge is -2.22. The molecule has 0 saturated carbocycles. The van der Waals surface area contributed by atoms with Crippen molar-refractivity contribution in [3.63, 3.8) is 0 Å². The van der Waals surface area contributed by atoms with E-state index < -0.39 is 30.3 Å². The fourth-order valence-corrected chi connectivity index (χ4v) is 0.640. The second-order valence-corrected chi connectivity index (χ2v) is 2.57. The van der Waals surface area contributed by atoms with Crippen molar-refractivity contribution in [2.45, 2.75) is 31.3 Å². The average Bonchev–Trinajstić information content (AvgIpc) is 2.00. The van der Waals surface area contributed by atoms with E-state index in [-0.39, 0.29) is 12.4 Å². The Balaban J connectivity index is 0. The zero-order valence-corrected chi connectivity index (χ0v) is 7.81. The predicted octanol–water partition coefficient (Wildman–Crippen LogP) is -2.64. The molecule has 1 amide bonds. The van der Waals surface area contributed by atoms with Crippen molar-refractivity contribution in [1.82, 2.24) is 0 Å². The van der Waals surface area contributed by atoms with Crippen molar-refractivity contribution in [2.24, 2.45) is 5.73 Å². The first kappa shape index (κ1) is 15.1. The lowest BCUT2D eigenvalue weighted by molar-refractivity contribution is -0.142. The van der Waals surface area contributed by atoms with Crippen LogP contribution in [0, 0.1) is 0 Å². The van der Waals surface area contributed by atoms with Crippen LogP contribution in [0.25, 0.3) is 0 Å². The first-order valence-corrected chi connectivity index (χ1v) is 3.39. The number of halogens is 1. The van der Waals surface area contributed by atoms with E-state index in [9.17, 15) is 4.79 Å². The van der Waals surface area contributed by atoms with Gasteiger partial charge in [-0.25, -0.2) is 0 Å². The molecule has 0 spiro atoms. The molecule has 0 heterocycles. The summed E-state index contributed by atoms with van der Waals surface area (Å²) in [6.07, 6.45) is -6.46. The summed E-state index contributed by atoms with van der Waals surface area (Å²) >= 11 is 0. The number of nitrogens with two attached hydrogens (primary N) is 1. The van der Waals surface area contributed by atoms with E-state index >= 15 is 0 Å². The standard InChI is InChI=1S/C6H13NO5.ClH/c1-2(8)3(9)4(10)5(11)6(7)12;/h2-5,8-11H,1H3,(H2,7,12);1H/t2-,3+,4+,5-;/m1./s1. The molecule has 0 saturated heterocycles. The van der Waals surface area contributed by atoms with E-state index in [2.05, 4.69) is 5.73 Å². The molecule has 0 fully saturated rings. The molecule has 0 unspecified atom stereocenters. The summed E-state index contributed by atoms with van der Waals surface area (Å²) in [7, 11) is 0. The van der Waals surface area contributed by atoms with E-state index in [0.717, 1.165) is 0 Å². The maximum Gasteiger partial charge on any atom is 0.249 e. The van der Waals surface area contributed by atoms with Gasteiger partial charge in [0.25, 0.3) is 0 Å². The van der Waals surface area contributed by atoms with Crippen molar-refractivity contribution in [2.75, 3.05) is 0 Å². The molecule has 0 aromatic rings. The molecule has 6 N–H and O–H groups in total. The second-order valence-electron chi connectivity index (χ2n) is 2.57. The van der Waals surface area contributed by atoms with Gasteiger partial charge >= 0.3 is 0 Å². The summed E-state index contributed by atoms with van der Waals surface area (Å²) < 4.78 is 0. The van der Waals surface area contributed by atoms with E-state index in [1.54, 1.807) is 0 Å². The van der Waals surface area contributed by atoms with E-state index in [1.807, 2.05) is 0 Å². The highest BCUT2D eigenvalue weighted by Gasteiger charge is 2.31. The largest absolute Gasteiger partial charge is 0.391 e. The SMILES string of the molecule is C[C@@H](O)[C@H](O)[C@H](O)[C@@H](O)C(N)=O.Cl. The number of hydrogen-bond acceptors (Lipinski definition) is 5. The average molecular weight is 216 g/mol. The molecule has 0 aliphatic rings. The fourth-order valence-electron chi connectivity index (χ4n) is 0.640. The smallest absolute Gasteiger partial charge is 0.249 e. The van der Waals surface area contributed by atoms with Crippen LogP contribution in [-0.4, -0.2) is 50.7 Å². The number of aliphatic hydroxyl groups excluding tert-OH is 4. The topological polar surface area (TPSA) is 124 Å². The molecule has 80 valence electrons. The van der Waals surface area contributed by atoms with E-state index in [1.165, 1.54) is 6.92 Å². The van der Waals surface area contributed by atoms with Gasteiger partial charge in [-0.1, -0.05) is 0 Å². The first-order valence-electron chi connectivity index (χ1n) is 3.39. The van der Waals surface area contributed by atoms with Crippen LogP contribution in [0.5, 0.6) is 0 Å². The summed E-state index contributed by atoms with van der Waals surface area (Å²) in [5.41, 5.74) is 4.63. The van der Waals surface area contributed by atoms with Crippen molar-refractivity contribution in [1.29, 1.82) is 0 Å². The third kappa shape index (κ3) is 4.39. The molecule has 0 radical (unpaired) electrons. The highest BCUT2D eigenvalue weighted by molar-refractivity contribution is 5.85. The van der Waals surface area contributed by atoms with E-state index in [4.69, 9.17) is 20.4 Å². The molecule has 4 atom stereocenters. The van der Waals surface area contributed by atoms with Crippen LogP contribution < -0.4 is 5.73 Å². The van der Waals surface area contributed by atoms with Crippen LogP contribution in [-0.2, 0) is 4.79 Å². The van der Waals surface area contributed by atoms with Gasteiger partial charge < -0.3 is 26.2 Å². The third-order valence-electron chi connectivity index (χ3n) is 1.46. The van der Waals surface area contributed by atoms with Gasteiger partial charge in [-0.2, -0.15) is 0 Å². The highest BCUT2D eigenvalue weighted by atomic mass is 35.5. The molecule has 7 heteroatoms. The fraction of sp³-hybridized carbons (Fsp3) is 0.833. The predicted molar refractivity (Wildman–Crippen MR) is 46.1 cm³/mol. The van der Waals surface area contributed by atoms with Gasteiger partial charge in [0.05, 0.1) is 6.10 Å². The van der Waals surface area contributed by atoms with Crippen molar-refractivity contribution < 1.29 is 25.2 Å². The summed E-state index contributed by atoms with van der Waals surface area (Å²) in [4.78, 5) is 10.3. The molecule has 0 rings (SSSR count). The Morgan fingerprint density at radius 3 is 1.77 bits per heavy atom. The number of carbonyl (C=O) groups is 1. The van der Waals surface area contributed by atoms with Crippen molar-refractivity contribution >= 4 is 18.3 Å². The van der Waals surface area contributed by atoms with Crippen LogP contribution in [0.1, 0.15) is 6.92 Å². The monoisotopic (exact) mass is 215 g/mol. The minimum atomic E-state index is -1.87. The van der Waals surface area contributed by atoms with Crippen molar-refractivity contribution in [3.05, 3.63) is 0 Å². The molecule has 0 aliphatic carbocycles. The van der Waals surface area contributed by atoms with Gasteiger partial charge in [-0.3, -0.25) is 4.79 Å². The van der Waals surface area contributed by atoms with E-state index in [0.29, 0.717) is 0 Å². The Hall–Kier alpha value is -0.400. The van der Waals surface area contributed by atoms with Gasteiger partial charge in [0, 0.05) is 0 Å². The summed E-state index contributed by atoms with van der Waals surface area (Å²) in [6.45, 7) is 1.21. The minimum Gasteiger partial charge on any atom is -0.391 e. The number of rotatable bonds is 4. The Morgan fingerprint density at radius 1 is 1.15 bits per heavy atom. The van der Waals surface area contributed by atoms with Crippen LogP contribution in [0.15, 0.2) is 0 Å². The number of aliphatic hydroxyl groups is 4. The van der Waals surface area contributed by atoms with Crippen LogP contribution in [0.3, 0.4) is 0 Å². The second kappa shape index (κ2) is 6.11. The summed E-state index contributed by atoms with van der Waals surface area (Å²) in [6, 6.07) is 0. The zero-order valence-electron chi connectivity index (χ0n) is 6.99. The first-order chi connectivity index (χ1) is 5.37. The lowest BCUT2D eigenvalue weighted by Crippen LogP contribution is -2.48. The Morgan fingerprint density at radius 2 is 1.54 bits per heavy atom. The quantitative estimate of drug-likeness (QED) is 0.351. The van der Waals surface area contributed by atoms with Crippen LogP contribution >= 0.6 is 12.4 Å². The van der Waals surface area contributed by atoms with Gasteiger partial charge in [-0.15, -0.1) is 12.4 Å². The Bertz CT molecular complexity index is 165. The molecule has 6 nitrogen and oxygen atoms in total. The van der Waals surface area contributed by atoms with Crippen LogP contribution in [0.4, 0.5) is 0 Å². The third-order valence-corrected chi connectivity index (χ3v) is 1.46. The minimum absolute atomic E-state index is 0. The summed E-state index contributed by atoms with van der Waals surface area (Å²) in [5, 5.41) is 35.5. The maximum atomic E-state index is 10.3. The normalized spacial score (nSPS) is 19.5. The number of hydrogen-bond donors (Lipinski definition) is 5. The van der Waals surface area contributed by atoms with Gasteiger partial charge in [0.2, 0.25) is 5.91 Å². The molecule has 0 aromatic carbocycles. The molecular weight excluding hydrogens is 202 g/mol. The Kier molecular flexibility index (Phi) is 7.10. The van der Waals surface area contributed by atoms with Crippen LogP contribution in [0.2, 0.25) is 0 Å². The molecular formula is C6H14ClNO5. The summed E-state index contributed by atoms with van der Waals surface area (Å²) in [5.74, 6) is -1.15. The van der Waals surface area contributed by atoms with Gasteiger partial charge in [0.15, 0.2) is 6.10 Å². The maximum absolute atomic E-state index is 10.3. The number of carbonyl (C=O) groups excluding carboxylic acids is 1. The number of primary amides is 1. The zero-order chi connectivity index (χ0) is 9.89. The lowest BCUT2D eigenvalue weighted by atomic mass is 10.0. The molecule has 13 heavy (non-hydrogen) atoms. The van der Waals surface area contributed by atoms with Gasteiger partial charge in [-0.05, 0) is 6.92 Å². The molecule has 0 aliphatic heterocycles. The molecule has 0 bridgehead atoms.